The van der Waals surface area contributed by atoms with E-state index in [1.165, 1.54) is 19.2 Å². The number of sulfonamides is 1. The lowest BCUT2D eigenvalue weighted by Crippen LogP contribution is -2.29. The molecule has 0 heterocycles. The highest BCUT2D eigenvalue weighted by Crippen LogP contribution is 2.24. The standard InChI is InChI=1S/C11H15FN2O2S/c1-8(2)7-14(3)17(15,16)11-9(12)5-4-6-10(11)13/h4-6H,1,7,13H2,2-3H3. The number of hydrogen-bond donors (Lipinski definition) is 1. The second kappa shape index (κ2) is 4.85. The van der Waals surface area contributed by atoms with E-state index in [9.17, 15) is 12.8 Å². The normalized spacial score (nSPS) is 11.8. The number of nitrogens with two attached hydrogens (primary N) is 1. The maximum Gasteiger partial charge on any atom is 0.248 e. The number of anilines is 1. The predicted molar refractivity (Wildman–Crippen MR) is 65.4 cm³/mol. The van der Waals surface area contributed by atoms with E-state index in [1.54, 1.807) is 6.92 Å². The monoisotopic (exact) mass is 258 g/mol. The van der Waals surface area contributed by atoms with E-state index in [0.717, 1.165) is 10.4 Å². The van der Waals surface area contributed by atoms with Crippen molar-refractivity contribution in [2.75, 3.05) is 19.3 Å². The first-order valence-electron chi connectivity index (χ1n) is 4.91. The summed E-state index contributed by atoms with van der Waals surface area (Å²) in [4.78, 5) is -0.483. The highest BCUT2D eigenvalue weighted by atomic mass is 32.2. The Morgan fingerprint density at radius 1 is 1.53 bits per heavy atom. The van der Waals surface area contributed by atoms with Crippen LogP contribution in [-0.2, 0) is 10.0 Å². The maximum atomic E-state index is 13.5. The van der Waals surface area contributed by atoms with Gasteiger partial charge in [-0.25, -0.2) is 12.8 Å². The molecule has 0 aromatic heterocycles. The third-order valence-electron chi connectivity index (χ3n) is 2.16. The minimum Gasteiger partial charge on any atom is -0.398 e. The highest BCUT2D eigenvalue weighted by Gasteiger charge is 2.26. The van der Waals surface area contributed by atoms with Gasteiger partial charge in [0.15, 0.2) is 0 Å². The Bertz CT molecular complexity index is 520. The van der Waals surface area contributed by atoms with E-state index >= 15 is 0 Å². The van der Waals surface area contributed by atoms with Crippen molar-refractivity contribution >= 4 is 15.7 Å². The number of likely N-dealkylation sites (N-methyl/N-ethyl adjacent to an activating group) is 1. The Morgan fingerprint density at radius 3 is 2.59 bits per heavy atom. The molecular formula is C11H15FN2O2S. The van der Waals surface area contributed by atoms with Gasteiger partial charge in [0.25, 0.3) is 0 Å². The zero-order valence-electron chi connectivity index (χ0n) is 9.77. The van der Waals surface area contributed by atoms with E-state index in [4.69, 9.17) is 5.73 Å². The summed E-state index contributed by atoms with van der Waals surface area (Å²) in [6.45, 7) is 5.43. The smallest absolute Gasteiger partial charge is 0.248 e. The fourth-order valence-corrected chi connectivity index (χ4v) is 2.80. The third kappa shape index (κ3) is 2.83. The molecule has 0 aliphatic carbocycles. The van der Waals surface area contributed by atoms with Gasteiger partial charge in [-0.2, -0.15) is 4.31 Å². The molecule has 94 valence electrons. The number of nitrogens with zero attached hydrogens (tertiary/aromatic N) is 1. The van der Waals surface area contributed by atoms with Gasteiger partial charge in [-0.15, -0.1) is 0 Å². The Hall–Kier alpha value is -1.40. The lowest BCUT2D eigenvalue weighted by Gasteiger charge is -2.18. The molecule has 0 aliphatic rings. The molecule has 17 heavy (non-hydrogen) atoms. The molecule has 0 atom stereocenters. The molecule has 0 bridgehead atoms. The molecule has 0 saturated carbocycles. The highest BCUT2D eigenvalue weighted by molar-refractivity contribution is 7.89. The number of benzene rings is 1. The predicted octanol–water partition coefficient (Wildman–Crippen LogP) is 1.60. The van der Waals surface area contributed by atoms with Crippen molar-refractivity contribution in [2.24, 2.45) is 0 Å². The van der Waals surface area contributed by atoms with Gasteiger partial charge in [-0.05, 0) is 19.1 Å². The quantitative estimate of drug-likeness (QED) is 0.659. The maximum absolute atomic E-state index is 13.5. The zero-order chi connectivity index (χ0) is 13.2. The van der Waals surface area contributed by atoms with Crippen molar-refractivity contribution in [2.45, 2.75) is 11.8 Å². The second-order valence-electron chi connectivity index (χ2n) is 3.88. The fraction of sp³-hybridized carbons (Fsp3) is 0.273. The van der Waals surface area contributed by atoms with Crippen molar-refractivity contribution in [3.05, 3.63) is 36.2 Å². The number of hydrogen-bond acceptors (Lipinski definition) is 3. The molecule has 0 unspecified atom stereocenters. The van der Waals surface area contributed by atoms with E-state index in [0.29, 0.717) is 5.57 Å². The molecule has 0 amide bonds. The van der Waals surface area contributed by atoms with Crippen molar-refractivity contribution in [3.63, 3.8) is 0 Å². The first kappa shape index (κ1) is 13.7. The van der Waals surface area contributed by atoms with Crippen LogP contribution in [0.4, 0.5) is 10.1 Å². The van der Waals surface area contributed by atoms with Crippen LogP contribution in [0.25, 0.3) is 0 Å². The van der Waals surface area contributed by atoms with E-state index < -0.39 is 20.7 Å². The Balaban J connectivity index is 3.27. The van der Waals surface area contributed by atoms with E-state index in [2.05, 4.69) is 6.58 Å². The van der Waals surface area contributed by atoms with Crippen LogP contribution in [0.1, 0.15) is 6.92 Å². The van der Waals surface area contributed by atoms with Crippen molar-refractivity contribution in [1.82, 2.24) is 4.31 Å². The molecular weight excluding hydrogens is 243 g/mol. The van der Waals surface area contributed by atoms with Crippen LogP contribution in [0.2, 0.25) is 0 Å². The molecule has 0 radical (unpaired) electrons. The van der Waals surface area contributed by atoms with Crippen LogP contribution in [0.15, 0.2) is 35.2 Å². The molecule has 6 heteroatoms. The summed E-state index contributed by atoms with van der Waals surface area (Å²) in [5.74, 6) is -0.849. The van der Waals surface area contributed by atoms with Crippen LogP contribution in [0.5, 0.6) is 0 Å². The lowest BCUT2D eigenvalue weighted by molar-refractivity contribution is 0.484. The molecule has 0 aliphatic heterocycles. The van der Waals surface area contributed by atoms with Crippen LogP contribution >= 0.6 is 0 Å². The first-order valence-corrected chi connectivity index (χ1v) is 6.35. The van der Waals surface area contributed by atoms with Crippen LogP contribution in [0, 0.1) is 5.82 Å². The SMILES string of the molecule is C=C(C)CN(C)S(=O)(=O)c1c(N)cccc1F. The van der Waals surface area contributed by atoms with Crippen molar-refractivity contribution in [3.8, 4) is 0 Å². The molecule has 1 aromatic carbocycles. The van der Waals surface area contributed by atoms with Gasteiger partial charge in [0.2, 0.25) is 10.0 Å². The van der Waals surface area contributed by atoms with Crippen LogP contribution in [-0.4, -0.2) is 26.3 Å². The van der Waals surface area contributed by atoms with Gasteiger partial charge in [-0.3, -0.25) is 0 Å². The average molecular weight is 258 g/mol. The minimum atomic E-state index is -3.92. The van der Waals surface area contributed by atoms with Crippen LogP contribution in [0.3, 0.4) is 0 Å². The zero-order valence-corrected chi connectivity index (χ0v) is 10.6. The molecule has 1 aromatic rings. The van der Waals surface area contributed by atoms with Gasteiger partial charge < -0.3 is 5.73 Å². The fourth-order valence-electron chi connectivity index (χ4n) is 1.42. The van der Waals surface area contributed by atoms with Gasteiger partial charge in [0.1, 0.15) is 10.7 Å². The second-order valence-corrected chi connectivity index (χ2v) is 5.86. The Kier molecular flexibility index (Phi) is 3.90. The molecule has 1 rings (SSSR count). The largest absolute Gasteiger partial charge is 0.398 e. The summed E-state index contributed by atoms with van der Waals surface area (Å²) in [6, 6.07) is 3.78. The Morgan fingerprint density at radius 2 is 2.12 bits per heavy atom. The van der Waals surface area contributed by atoms with Gasteiger partial charge in [0.05, 0.1) is 5.69 Å². The summed E-state index contributed by atoms with van der Waals surface area (Å²) >= 11 is 0. The van der Waals surface area contributed by atoms with Gasteiger partial charge in [-0.1, -0.05) is 18.2 Å². The average Bonchev–Trinajstić information content (AvgIpc) is 2.15. The molecule has 2 N–H and O–H groups in total. The first-order chi connectivity index (χ1) is 7.76. The number of rotatable bonds is 4. The third-order valence-corrected chi connectivity index (χ3v) is 4.05. The van der Waals surface area contributed by atoms with Crippen molar-refractivity contribution < 1.29 is 12.8 Å². The van der Waals surface area contributed by atoms with Crippen molar-refractivity contribution in [1.29, 1.82) is 0 Å². The minimum absolute atomic E-state index is 0.0986. The summed E-state index contributed by atoms with van der Waals surface area (Å²) in [6.07, 6.45) is 0. The molecule has 0 saturated heterocycles. The Labute approximate surface area is 101 Å². The lowest BCUT2D eigenvalue weighted by atomic mass is 10.3. The van der Waals surface area contributed by atoms with Gasteiger partial charge >= 0.3 is 0 Å². The number of halogens is 1. The molecule has 0 spiro atoms. The molecule has 4 nitrogen and oxygen atoms in total. The summed E-state index contributed by atoms with van der Waals surface area (Å²) < 4.78 is 38.7. The van der Waals surface area contributed by atoms with E-state index in [1.807, 2.05) is 0 Å². The molecule has 0 fully saturated rings. The van der Waals surface area contributed by atoms with Gasteiger partial charge in [0, 0.05) is 13.6 Å². The summed E-state index contributed by atoms with van der Waals surface area (Å²) in [7, 11) is -2.57. The summed E-state index contributed by atoms with van der Waals surface area (Å²) in [5, 5.41) is 0. The van der Waals surface area contributed by atoms with Crippen LogP contribution < -0.4 is 5.73 Å². The van der Waals surface area contributed by atoms with E-state index in [-0.39, 0.29) is 12.2 Å². The number of nitrogen functional groups attached to an aromatic ring is 1. The summed E-state index contributed by atoms with van der Waals surface area (Å²) in [5.41, 5.74) is 6.07. The topological polar surface area (TPSA) is 63.4 Å².